The molecular formula is C14H18FNO3. The van der Waals surface area contributed by atoms with Crippen LogP contribution in [-0.4, -0.2) is 41.7 Å². The van der Waals surface area contributed by atoms with Gasteiger partial charge in [-0.25, -0.2) is 4.39 Å². The zero-order valence-corrected chi connectivity index (χ0v) is 10.9. The largest absolute Gasteiger partial charge is 0.507 e. The fourth-order valence-electron chi connectivity index (χ4n) is 2.34. The summed E-state index contributed by atoms with van der Waals surface area (Å²) in [5.74, 6) is -1.44. The van der Waals surface area contributed by atoms with Crippen molar-refractivity contribution in [2.75, 3.05) is 19.7 Å². The first-order valence-electron chi connectivity index (χ1n) is 6.51. The SMILES string of the molecule is CCOC1CCN(C(=O)c2c(O)cccc2F)CC1. The summed E-state index contributed by atoms with van der Waals surface area (Å²) in [6, 6.07) is 3.88. The summed E-state index contributed by atoms with van der Waals surface area (Å²) >= 11 is 0. The van der Waals surface area contributed by atoms with Gasteiger partial charge in [0, 0.05) is 19.7 Å². The molecule has 0 atom stereocenters. The van der Waals surface area contributed by atoms with Crippen molar-refractivity contribution in [3.05, 3.63) is 29.6 Å². The van der Waals surface area contributed by atoms with Crippen LogP contribution in [0.4, 0.5) is 4.39 Å². The Morgan fingerprint density at radius 1 is 1.47 bits per heavy atom. The first kappa shape index (κ1) is 13.8. The zero-order chi connectivity index (χ0) is 13.8. The minimum atomic E-state index is -0.683. The van der Waals surface area contributed by atoms with E-state index in [-0.39, 0.29) is 17.4 Å². The first-order chi connectivity index (χ1) is 9.13. The number of piperidine rings is 1. The number of amides is 1. The zero-order valence-electron chi connectivity index (χ0n) is 10.9. The van der Waals surface area contributed by atoms with Gasteiger partial charge in [0.05, 0.1) is 6.10 Å². The number of phenolic OH excluding ortho intramolecular Hbond substituents is 1. The highest BCUT2D eigenvalue weighted by Crippen LogP contribution is 2.24. The van der Waals surface area contributed by atoms with E-state index in [0.717, 1.165) is 12.8 Å². The van der Waals surface area contributed by atoms with Gasteiger partial charge in [0.2, 0.25) is 0 Å². The molecule has 1 aromatic rings. The molecule has 0 bridgehead atoms. The van der Waals surface area contributed by atoms with Crippen molar-refractivity contribution in [2.45, 2.75) is 25.9 Å². The normalized spacial score (nSPS) is 16.6. The van der Waals surface area contributed by atoms with Crippen molar-refractivity contribution in [3.63, 3.8) is 0 Å². The van der Waals surface area contributed by atoms with E-state index in [1.165, 1.54) is 18.2 Å². The Labute approximate surface area is 111 Å². The average molecular weight is 267 g/mol. The van der Waals surface area contributed by atoms with E-state index in [1.807, 2.05) is 6.92 Å². The van der Waals surface area contributed by atoms with E-state index in [0.29, 0.717) is 19.7 Å². The lowest BCUT2D eigenvalue weighted by Crippen LogP contribution is -2.41. The standard InChI is InChI=1S/C14H18FNO3/c1-2-19-10-6-8-16(9-7-10)14(18)13-11(15)4-3-5-12(13)17/h3-5,10,17H,2,6-9H2,1H3. The second-order valence-corrected chi connectivity index (χ2v) is 4.58. The average Bonchev–Trinajstić information content (AvgIpc) is 2.39. The molecule has 1 aliphatic heterocycles. The molecule has 1 N–H and O–H groups in total. The molecule has 0 spiro atoms. The number of hydrogen-bond donors (Lipinski definition) is 1. The summed E-state index contributed by atoms with van der Waals surface area (Å²) in [6.45, 7) is 3.65. The van der Waals surface area contributed by atoms with Crippen molar-refractivity contribution in [2.24, 2.45) is 0 Å². The first-order valence-corrected chi connectivity index (χ1v) is 6.51. The Kier molecular flexibility index (Phi) is 4.37. The van der Waals surface area contributed by atoms with Crippen LogP contribution in [-0.2, 0) is 4.74 Å². The van der Waals surface area contributed by atoms with Gasteiger partial charge in [0.25, 0.3) is 5.91 Å². The smallest absolute Gasteiger partial charge is 0.260 e. The van der Waals surface area contributed by atoms with Gasteiger partial charge in [0.1, 0.15) is 17.1 Å². The van der Waals surface area contributed by atoms with Crippen molar-refractivity contribution in [1.82, 2.24) is 4.90 Å². The molecule has 104 valence electrons. The van der Waals surface area contributed by atoms with Crippen LogP contribution in [0.1, 0.15) is 30.1 Å². The molecule has 4 nitrogen and oxygen atoms in total. The number of phenols is 1. The molecule has 0 radical (unpaired) electrons. The third kappa shape index (κ3) is 3.04. The summed E-state index contributed by atoms with van der Waals surface area (Å²) in [6.07, 6.45) is 1.66. The molecule has 2 rings (SSSR count). The number of likely N-dealkylation sites (tertiary alicyclic amines) is 1. The number of rotatable bonds is 3. The monoisotopic (exact) mass is 267 g/mol. The Morgan fingerprint density at radius 2 is 2.16 bits per heavy atom. The quantitative estimate of drug-likeness (QED) is 0.913. The summed E-state index contributed by atoms with van der Waals surface area (Å²) in [5, 5.41) is 9.62. The molecule has 1 fully saturated rings. The highest BCUT2D eigenvalue weighted by molar-refractivity contribution is 5.97. The van der Waals surface area contributed by atoms with Crippen LogP contribution in [0.5, 0.6) is 5.75 Å². The molecule has 1 aromatic carbocycles. The van der Waals surface area contributed by atoms with Crippen LogP contribution in [0.15, 0.2) is 18.2 Å². The molecular weight excluding hydrogens is 249 g/mol. The maximum atomic E-state index is 13.6. The van der Waals surface area contributed by atoms with E-state index in [1.54, 1.807) is 4.90 Å². The van der Waals surface area contributed by atoms with Gasteiger partial charge in [-0.1, -0.05) is 6.07 Å². The number of aromatic hydroxyl groups is 1. The van der Waals surface area contributed by atoms with Crippen LogP contribution in [0.25, 0.3) is 0 Å². The van der Waals surface area contributed by atoms with Crippen LogP contribution < -0.4 is 0 Å². The number of hydrogen-bond acceptors (Lipinski definition) is 3. The Balaban J connectivity index is 2.05. The number of nitrogens with zero attached hydrogens (tertiary/aromatic N) is 1. The molecule has 5 heteroatoms. The van der Waals surface area contributed by atoms with Crippen LogP contribution in [0, 0.1) is 5.82 Å². The fourth-order valence-corrected chi connectivity index (χ4v) is 2.34. The molecule has 19 heavy (non-hydrogen) atoms. The van der Waals surface area contributed by atoms with E-state index in [2.05, 4.69) is 0 Å². The fraction of sp³-hybridized carbons (Fsp3) is 0.500. The number of carbonyl (C=O) groups is 1. The molecule has 1 aliphatic rings. The molecule has 1 saturated heterocycles. The molecule has 1 heterocycles. The maximum absolute atomic E-state index is 13.6. The number of carbonyl (C=O) groups excluding carboxylic acids is 1. The predicted molar refractivity (Wildman–Crippen MR) is 68.6 cm³/mol. The van der Waals surface area contributed by atoms with Crippen LogP contribution in [0.3, 0.4) is 0 Å². The minimum Gasteiger partial charge on any atom is -0.507 e. The van der Waals surface area contributed by atoms with E-state index in [4.69, 9.17) is 4.74 Å². The van der Waals surface area contributed by atoms with Gasteiger partial charge in [-0.3, -0.25) is 4.79 Å². The van der Waals surface area contributed by atoms with Crippen LogP contribution >= 0.6 is 0 Å². The van der Waals surface area contributed by atoms with Crippen molar-refractivity contribution >= 4 is 5.91 Å². The van der Waals surface area contributed by atoms with Crippen LogP contribution in [0.2, 0.25) is 0 Å². The third-order valence-corrected chi connectivity index (χ3v) is 3.34. The third-order valence-electron chi connectivity index (χ3n) is 3.34. The molecule has 0 aliphatic carbocycles. The molecule has 0 unspecified atom stereocenters. The second-order valence-electron chi connectivity index (χ2n) is 4.58. The van der Waals surface area contributed by atoms with Crippen molar-refractivity contribution < 1.29 is 19.0 Å². The van der Waals surface area contributed by atoms with Gasteiger partial charge in [-0.15, -0.1) is 0 Å². The Bertz CT molecular complexity index is 436. The maximum Gasteiger partial charge on any atom is 0.260 e. The highest BCUT2D eigenvalue weighted by atomic mass is 19.1. The summed E-state index contributed by atoms with van der Waals surface area (Å²) in [7, 11) is 0. The number of benzene rings is 1. The van der Waals surface area contributed by atoms with Gasteiger partial charge in [-0.2, -0.15) is 0 Å². The van der Waals surface area contributed by atoms with Crippen molar-refractivity contribution in [1.29, 1.82) is 0 Å². The summed E-state index contributed by atoms with van der Waals surface area (Å²) in [5.41, 5.74) is -0.239. The summed E-state index contributed by atoms with van der Waals surface area (Å²) in [4.78, 5) is 13.8. The van der Waals surface area contributed by atoms with Gasteiger partial charge >= 0.3 is 0 Å². The lowest BCUT2D eigenvalue weighted by Gasteiger charge is -2.32. The predicted octanol–water partition coefficient (Wildman–Crippen LogP) is 2.17. The number of halogens is 1. The van der Waals surface area contributed by atoms with Gasteiger partial charge < -0.3 is 14.7 Å². The molecule has 1 amide bonds. The van der Waals surface area contributed by atoms with Gasteiger partial charge in [0.15, 0.2) is 0 Å². The second kappa shape index (κ2) is 6.02. The van der Waals surface area contributed by atoms with Crippen molar-refractivity contribution in [3.8, 4) is 5.75 Å². The molecule has 0 saturated carbocycles. The molecule has 0 aromatic heterocycles. The minimum absolute atomic E-state index is 0.170. The van der Waals surface area contributed by atoms with E-state index >= 15 is 0 Å². The van der Waals surface area contributed by atoms with Gasteiger partial charge in [-0.05, 0) is 31.9 Å². The lowest BCUT2D eigenvalue weighted by molar-refractivity contribution is 0.0144. The number of ether oxygens (including phenoxy) is 1. The summed E-state index contributed by atoms with van der Waals surface area (Å²) < 4.78 is 19.1. The van der Waals surface area contributed by atoms with E-state index < -0.39 is 11.7 Å². The topological polar surface area (TPSA) is 49.8 Å². The highest BCUT2D eigenvalue weighted by Gasteiger charge is 2.27. The Hall–Kier alpha value is -1.62. The lowest BCUT2D eigenvalue weighted by atomic mass is 10.1. The van der Waals surface area contributed by atoms with E-state index in [9.17, 15) is 14.3 Å². The Morgan fingerprint density at radius 3 is 2.74 bits per heavy atom.